The maximum absolute atomic E-state index is 14.1. The molecular weight excluding hydrogens is 556 g/mol. The molecule has 0 saturated heterocycles. The van der Waals surface area contributed by atoms with E-state index in [0.717, 1.165) is 16.7 Å². The Balaban J connectivity index is 1.34. The second kappa shape index (κ2) is 15.1. The lowest BCUT2D eigenvalue weighted by Crippen LogP contribution is -2.53. The second-order valence-electron chi connectivity index (χ2n) is 10.8. The fraction of sp³-hybridized carbons (Fsp3) is 0.250. The average Bonchev–Trinajstić information content (AvgIpc) is 3.16. The Morgan fingerprint density at radius 3 is 1.95 bits per heavy atom. The lowest BCUT2D eigenvalue weighted by molar-refractivity contribution is -0.148. The monoisotopic (exact) mass is 592 g/mol. The first-order valence-corrected chi connectivity index (χ1v) is 14.8. The van der Waals surface area contributed by atoms with Gasteiger partial charge in [0.2, 0.25) is 5.91 Å². The predicted octanol–water partition coefficient (Wildman–Crippen LogP) is 4.90. The summed E-state index contributed by atoms with van der Waals surface area (Å²) in [5.41, 5.74) is 3.66. The van der Waals surface area contributed by atoms with E-state index in [-0.39, 0.29) is 26.2 Å². The number of carbonyl (C=O) groups excluding carboxylic acids is 3. The van der Waals surface area contributed by atoms with E-state index in [9.17, 15) is 19.5 Å². The number of ether oxygens (including phenoxy) is 2. The van der Waals surface area contributed by atoms with Crippen molar-refractivity contribution < 1.29 is 29.0 Å². The summed E-state index contributed by atoms with van der Waals surface area (Å²) in [6.07, 6.45) is -0.0610. The van der Waals surface area contributed by atoms with Crippen molar-refractivity contribution in [1.82, 2.24) is 5.32 Å². The number of nitrogens with zero attached hydrogens (tertiary/aromatic N) is 1. The molecule has 0 aromatic heterocycles. The molecule has 8 heteroatoms. The lowest BCUT2D eigenvalue weighted by Gasteiger charge is -2.28. The molecule has 4 aromatic rings. The number of anilines is 1. The smallest absolute Gasteiger partial charge is 0.326 e. The molecule has 0 unspecified atom stereocenters. The molecule has 1 heterocycles. The number of nitrogens with one attached hydrogen (secondary N) is 1. The van der Waals surface area contributed by atoms with Gasteiger partial charge in [0.05, 0.1) is 17.8 Å². The number of aliphatic hydroxyl groups excluding tert-OH is 1. The zero-order valence-corrected chi connectivity index (χ0v) is 24.4. The van der Waals surface area contributed by atoms with Crippen molar-refractivity contribution in [3.8, 4) is 0 Å². The van der Waals surface area contributed by atoms with E-state index < -0.39 is 36.0 Å². The van der Waals surface area contributed by atoms with Crippen molar-refractivity contribution in [1.29, 1.82) is 0 Å². The van der Waals surface area contributed by atoms with Crippen LogP contribution in [0, 0.1) is 0 Å². The molecule has 44 heavy (non-hydrogen) atoms. The van der Waals surface area contributed by atoms with Gasteiger partial charge in [0.15, 0.2) is 0 Å². The zero-order valence-electron chi connectivity index (χ0n) is 24.4. The first-order chi connectivity index (χ1) is 21.5. The summed E-state index contributed by atoms with van der Waals surface area (Å²) in [5.74, 6) is -1.52. The molecule has 2 N–H and O–H groups in total. The molecule has 1 aliphatic rings. The normalized spacial score (nSPS) is 16.8. The average molecular weight is 593 g/mol. The Morgan fingerprint density at radius 2 is 1.32 bits per heavy atom. The van der Waals surface area contributed by atoms with Crippen molar-refractivity contribution in [2.45, 2.75) is 50.7 Å². The molecule has 4 aromatic carbocycles. The number of esters is 2. The largest absolute Gasteiger partial charge is 0.460 e. The van der Waals surface area contributed by atoms with Crippen LogP contribution >= 0.6 is 0 Å². The van der Waals surface area contributed by atoms with Gasteiger partial charge in [0, 0.05) is 12.0 Å². The number of hydrogen-bond donors (Lipinski definition) is 2. The van der Waals surface area contributed by atoms with Gasteiger partial charge in [-0.1, -0.05) is 109 Å². The second-order valence-corrected chi connectivity index (χ2v) is 10.8. The molecule has 0 bridgehead atoms. The molecular formula is C36H36N2O6. The fourth-order valence-electron chi connectivity index (χ4n) is 5.29. The molecule has 0 saturated carbocycles. The van der Waals surface area contributed by atoms with Gasteiger partial charge < -0.3 is 14.6 Å². The van der Waals surface area contributed by atoms with E-state index in [2.05, 4.69) is 5.32 Å². The van der Waals surface area contributed by atoms with E-state index in [1.165, 1.54) is 4.90 Å². The van der Waals surface area contributed by atoms with E-state index in [4.69, 9.17) is 9.47 Å². The quantitative estimate of drug-likeness (QED) is 0.226. The summed E-state index contributed by atoms with van der Waals surface area (Å²) in [7, 11) is 0. The standard InChI is InChI=1S/C36H36N2O6/c39-33-22-31(37-30(21-20-26-12-4-1-5-13-26)36(42)44-25-28-16-8-3-9-17-28)35(41)38(32-19-11-10-18-29(32)33)23-34(40)43-24-27-14-6-2-7-15-27/h1-19,30-31,33,37,39H,20-25H2/t30-,31-,33+/m0/s1. The third-order valence-electron chi connectivity index (χ3n) is 7.61. The number of amides is 1. The third-order valence-corrected chi connectivity index (χ3v) is 7.61. The third kappa shape index (κ3) is 8.18. The number of rotatable bonds is 12. The Kier molecular flexibility index (Phi) is 10.5. The van der Waals surface area contributed by atoms with Crippen molar-refractivity contribution >= 4 is 23.5 Å². The van der Waals surface area contributed by atoms with Gasteiger partial charge in [-0.05, 0) is 35.6 Å². The van der Waals surface area contributed by atoms with Crippen LogP contribution in [-0.2, 0) is 43.5 Å². The van der Waals surface area contributed by atoms with Crippen molar-refractivity contribution in [3.63, 3.8) is 0 Å². The maximum Gasteiger partial charge on any atom is 0.326 e. The predicted molar refractivity (Wildman–Crippen MR) is 166 cm³/mol. The highest BCUT2D eigenvalue weighted by atomic mass is 16.5. The molecule has 8 nitrogen and oxygen atoms in total. The van der Waals surface area contributed by atoms with Gasteiger partial charge in [0.25, 0.3) is 0 Å². The Bertz CT molecular complexity index is 1530. The van der Waals surface area contributed by atoms with Crippen LogP contribution in [0.3, 0.4) is 0 Å². The highest BCUT2D eigenvalue weighted by Crippen LogP contribution is 2.33. The summed E-state index contributed by atoms with van der Waals surface area (Å²) >= 11 is 0. The summed E-state index contributed by atoms with van der Waals surface area (Å²) in [5, 5.41) is 14.4. The molecule has 1 amide bonds. The molecule has 5 rings (SSSR count). The highest BCUT2D eigenvalue weighted by Gasteiger charge is 2.37. The van der Waals surface area contributed by atoms with Crippen LogP contribution in [0.5, 0.6) is 0 Å². The van der Waals surface area contributed by atoms with Crippen LogP contribution in [0.1, 0.15) is 41.2 Å². The Labute approximate surface area is 257 Å². The SMILES string of the molecule is O=C(CN1C(=O)[C@@H](N[C@@H](CCc2ccccc2)C(=O)OCc2ccccc2)C[C@@H](O)c2ccccc21)OCc1ccccc1. The fourth-order valence-corrected chi connectivity index (χ4v) is 5.29. The molecule has 1 aliphatic heterocycles. The summed E-state index contributed by atoms with van der Waals surface area (Å²) in [4.78, 5) is 41.8. The van der Waals surface area contributed by atoms with Gasteiger partial charge in [-0.15, -0.1) is 0 Å². The lowest BCUT2D eigenvalue weighted by atomic mass is 10.0. The number of fused-ring (bicyclic) bond motifs is 1. The highest BCUT2D eigenvalue weighted by molar-refractivity contribution is 6.02. The van der Waals surface area contributed by atoms with Crippen LogP contribution in [0.25, 0.3) is 0 Å². The van der Waals surface area contributed by atoms with Crippen molar-refractivity contribution in [3.05, 3.63) is 138 Å². The molecule has 0 fully saturated rings. The zero-order chi connectivity index (χ0) is 30.7. The summed E-state index contributed by atoms with van der Waals surface area (Å²) in [6.45, 7) is -0.182. The maximum atomic E-state index is 14.1. The molecule has 0 radical (unpaired) electrons. The van der Waals surface area contributed by atoms with E-state index in [0.29, 0.717) is 24.1 Å². The van der Waals surface area contributed by atoms with E-state index in [1.54, 1.807) is 24.3 Å². The minimum absolute atomic E-state index is 0.0131. The number of carbonyl (C=O) groups is 3. The van der Waals surface area contributed by atoms with Crippen molar-refractivity contribution in [2.75, 3.05) is 11.4 Å². The first kappa shape index (κ1) is 30.7. The van der Waals surface area contributed by atoms with E-state index in [1.807, 2.05) is 91.0 Å². The van der Waals surface area contributed by atoms with Crippen LogP contribution in [0.2, 0.25) is 0 Å². The Morgan fingerprint density at radius 1 is 0.773 bits per heavy atom. The summed E-state index contributed by atoms with van der Waals surface area (Å²) in [6, 6.07) is 33.6. The molecule has 3 atom stereocenters. The number of aryl methyl sites for hydroxylation is 1. The number of para-hydroxylation sites is 1. The van der Waals surface area contributed by atoms with Gasteiger partial charge >= 0.3 is 11.9 Å². The number of hydrogen-bond acceptors (Lipinski definition) is 7. The van der Waals surface area contributed by atoms with Crippen LogP contribution < -0.4 is 10.2 Å². The molecule has 226 valence electrons. The van der Waals surface area contributed by atoms with E-state index >= 15 is 0 Å². The topological polar surface area (TPSA) is 105 Å². The van der Waals surface area contributed by atoms with Crippen LogP contribution in [0.4, 0.5) is 5.69 Å². The number of aliphatic hydroxyl groups is 1. The van der Waals surface area contributed by atoms with Gasteiger partial charge in [0.1, 0.15) is 25.8 Å². The minimum atomic E-state index is -1.01. The van der Waals surface area contributed by atoms with Gasteiger partial charge in [-0.3, -0.25) is 24.6 Å². The molecule has 0 spiro atoms. The van der Waals surface area contributed by atoms with Crippen LogP contribution in [-0.4, -0.2) is 41.6 Å². The molecule has 0 aliphatic carbocycles. The van der Waals surface area contributed by atoms with Crippen LogP contribution in [0.15, 0.2) is 115 Å². The van der Waals surface area contributed by atoms with Gasteiger partial charge in [-0.2, -0.15) is 0 Å². The summed E-state index contributed by atoms with van der Waals surface area (Å²) < 4.78 is 11.2. The first-order valence-electron chi connectivity index (χ1n) is 14.8. The Hall–Kier alpha value is -4.79. The van der Waals surface area contributed by atoms with Crippen molar-refractivity contribution in [2.24, 2.45) is 0 Å². The minimum Gasteiger partial charge on any atom is -0.460 e. The van der Waals surface area contributed by atoms with Gasteiger partial charge in [-0.25, -0.2) is 0 Å². The number of benzene rings is 4.